The van der Waals surface area contributed by atoms with Crippen molar-refractivity contribution in [3.63, 3.8) is 0 Å². The number of methoxy groups -OCH3 is 1. The Kier molecular flexibility index (Phi) is 6.93. The lowest BCUT2D eigenvalue weighted by atomic mass is 9.88. The molecule has 1 aliphatic carbocycles. The number of likely N-dealkylation sites (tertiary alicyclic amines) is 1. The van der Waals surface area contributed by atoms with Gasteiger partial charge in [0.2, 0.25) is 5.88 Å². The number of pyridine rings is 2. The molecule has 4 heterocycles. The van der Waals surface area contributed by atoms with Crippen LogP contribution in [-0.4, -0.2) is 44.6 Å². The van der Waals surface area contributed by atoms with Crippen LogP contribution in [0.15, 0.2) is 58.6 Å². The number of rotatable bonds is 5. The summed E-state index contributed by atoms with van der Waals surface area (Å²) in [5.41, 5.74) is 0.843. The summed E-state index contributed by atoms with van der Waals surface area (Å²) in [6.45, 7) is 2.60. The van der Waals surface area contributed by atoms with Gasteiger partial charge in [-0.25, -0.2) is 14.4 Å². The van der Waals surface area contributed by atoms with E-state index in [4.69, 9.17) is 4.74 Å². The molecular weight excluding hydrogens is 502 g/mol. The van der Waals surface area contributed by atoms with Gasteiger partial charge in [0.25, 0.3) is 5.56 Å². The van der Waals surface area contributed by atoms with E-state index in [0.717, 1.165) is 11.6 Å². The minimum atomic E-state index is -4.63. The molecular formula is C27H27F4N5O2. The molecule has 0 saturated carbocycles. The summed E-state index contributed by atoms with van der Waals surface area (Å²) in [6, 6.07) is 3.81. The summed E-state index contributed by atoms with van der Waals surface area (Å²) < 4.78 is 62.0. The summed E-state index contributed by atoms with van der Waals surface area (Å²) in [5, 5.41) is 0. The summed E-state index contributed by atoms with van der Waals surface area (Å²) in [5.74, 6) is -0.0706. The van der Waals surface area contributed by atoms with Crippen LogP contribution >= 0.6 is 0 Å². The second-order valence-electron chi connectivity index (χ2n) is 9.55. The Labute approximate surface area is 216 Å². The predicted octanol–water partition coefficient (Wildman–Crippen LogP) is 5.36. The largest absolute Gasteiger partial charge is 0.480 e. The molecule has 5 rings (SSSR count). The first kappa shape index (κ1) is 25.9. The van der Waals surface area contributed by atoms with Crippen molar-refractivity contribution in [1.29, 1.82) is 0 Å². The zero-order valence-corrected chi connectivity index (χ0v) is 21.1. The predicted molar refractivity (Wildman–Crippen MR) is 133 cm³/mol. The first-order valence-corrected chi connectivity index (χ1v) is 12.4. The Bertz CT molecular complexity index is 1490. The number of alkyl halides is 3. The number of hydrogen-bond donors (Lipinski definition) is 0. The zero-order valence-electron chi connectivity index (χ0n) is 21.1. The number of halogens is 4. The number of aromatic nitrogens is 4. The molecule has 0 spiro atoms. The van der Waals surface area contributed by atoms with Crippen molar-refractivity contribution in [3.8, 4) is 5.88 Å². The van der Waals surface area contributed by atoms with E-state index >= 15 is 0 Å². The minimum absolute atomic E-state index is 0.116. The molecule has 0 aromatic carbocycles. The topological polar surface area (TPSA) is 73.1 Å². The van der Waals surface area contributed by atoms with Gasteiger partial charge in [-0.15, -0.1) is 0 Å². The van der Waals surface area contributed by atoms with Crippen LogP contribution < -0.4 is 10.3 Å². The van der Waals surface area contributed by atoms with Crippen LogP contribution in [0, 0.1) is 0 Å². The molecule has 3 aromatic heterocycles. The molecule has 38 heavy (non-hydrogen) atoms. The Morgan fingerprint density at radius 1 is 1.18 bits per heavy atom. The molecule has 11 heteroatoms. The Morgan fingerprint density at radius 3 is 2.63 bits per heavy atom. The van der Waals surface area contributed by atoms with Gasteiger partial charge < -0.3 is 9.64 Å². The standard InChI is InChI=1S/C27H27F4N5O2/c1-16-5-3-7-20(28)24(16)35-11-8-17(9-12-35)18-13-21-25(33-14-23(34-21)38-2)36(26(18)37)15-22-19(27(29,30)31)6-4-10-32-22/h4-6,10,13-14,17H,3,7-9,11-12,15H2,1-2H3. The summed E-state index contributed by atoms with van der Waals surface area (Å²) in [4.78, 5) is 28.4. The van der Waals surface area contributed by atoms with Crippen molar-refractivity contribution in [2.75, 3.05) is 20.2 Å². The van der Waals surface area contributed by atoms with Gasteiger partial charge >= 0.3 is 6.18 Å². The SMILES string of the molecule is COc1cnc2c(cc(C3CCN(C4=C(F)CCC=C4C)CC3)c(=O)n2Cc2ncccc2C(F)(F)F)n1. The molecule has 1 saturated heterocycles. The number of nitrogens with zero attached hydrogens (tertiary/aromatic N) is 5. The molecule has 1 fully saturated rings. The highest BCUT2D eigenvalue weighted by Crippen LogP contribution is 2.35. The van der Waals surface area contributed by atoms with E-state index in [1.165, 1.54) is 30.1 Å². The van der Waals surface area contributed by atoms with Crippen molar-refractivity contribution in [2.45, 2.75) is 51.2 Å². The molecule has 0 amide bonds. The van der Waals surface area contributed by atoms with Crippen LogP contribution in [0.3, 0.4) is 0 Å². The fourth-order valence-corrected chi connectivity index (χ4v) is 5.33. The summed E-state index contributed by atoms with van der Waals surface area (Å²) in [6.07, 6.45) is 2.23. The molecule has 0 atom stereocenters. The third-order valence-electron chi connectivity index (χ3n) is 7.21. The number of allylic oxidation sites excluding steroid dienone is 3. The Hall–Kier alpha value is -3.76. The average Bonchev–Trinajstić information content (AvgIpc) is 2.90. The molecule has 0 radical (unpaired) electrons. The molecule has 1 aliphatic heterocycles. The van der Waals surface area contributed by atoms with Crippen molar-refractivity contribution in [2.24, 2.45) is 0 Å². The van der Waals surface area contributed by atoms with E-state index in [-0.39, 0.29) is 29.0 Å². The van der Waals surface area contributed by atoms with E-state index in [9.17, 15) is 22.4 Å². The van der Waals surface area contributed by atoms with Gasteiger partial charge in [0.1, 0.15) is 11.3 Å². The smallest absolute Gasteiger partial charge is 0.418 e. The Morgan fingerprint density at radius 2 is 1.95 bits per heavy atom. The third-order valence-corrected chi connectivity index (χ3v) is 7.21. The first-order chi connectivity index (χ1) is 18.2. The fourth-order valence-electron chi connectivity index (χ4n) is 5.33. The molecule has 2 aliphatic rings. The van der Waals surface area contributed by atoms with Gasteiger partial charge in [0.15, 0.2) is 5.65 Å². The molecule has 0 unspecified atom stereocenters. The highest BCUT2D eigenvalue weighted by Gasteiger charge is 2.34. The van der Waals surface area contributed by atoms with E-state index < -0.39 is 23.8 Å². The number of piperidine rings is 1. The van der Waals surface area contributed by atoms with E-state index in [1.54, 1.807) is 6.07 Å². The number of ether oxygens (including phenoxy) is 1. The van der Waals surface area contributed by atoms with E-state index in [2.05, 4.69) is 15.0 Å². The maximum atomic E-state index is 14.6. The van der Waals surface area contributed by atoms with E-state index in [0.29, 0.717) is 55.5 Å². The number of hydrogen-bond acceptors (Lipinski definition) is 6. The normalized spacial score (nSPS) is 17.2. The third kappa shape index (κ3) is 4.89. The van der Waals surface area contributed by atoms with Crippen LogP contribution in [0.1, 0.15) is 55.3 Å². The second kappa shape index (κ2) is 10.2. The maximum Gasteiger partial charge on any atom is 0.418 e. The molecule has 0 bridgehead atoms. The van der Waals surface area contributed by atoms with Gasteiger partial charge in [-0.2, -0.15) is 13.2 Å². The van der Waals surface area contributed by atoms with Crippen LogP contribution in [0.5, 0.6) is 5.88 Å². The van der Waals surface area contributed by atoms with Crippen molar-refractivity contribution in [3.05, 3.63) is 80.9 Å². The van der Waals surface area contributed by atoms with Crippen molar-refractivity contribution in [1.82, 2.24) is 24.4 Å². The molecule has 200 valence electrons. The van der Waals surface area contributed by atoms with Gasteiger partial charge in [-0.05, 0) is 55.9 Å². The van der Waals surface area contributed by atoms with Crippen molar-refractivity contribution < 1.29 is 22.3 Å². The lowest BCUT2D eigenvalue weighted by Gasteiger charge is -2.36. The van der Waals surface area contributed by atoms with Gasteiger partial charge in [-0.3, -0.25) is 14.3 Å². The first-order valence-electron chi connectivity index (χ1n) is 12.4. The van der Waals surface area contributed by atoms with Crippen LogP contribution in [-0.2, 0) is 12.7 Å². The second-order valence-corrected chi connectivity index (χ2v) is 9.55. The zero-order chi connectivity index (χ0) is 27.0. The van der Waals surface area contributed by atoms with Crippen LogP contribution in [0.2, 0.25) is 0 Å². The summed E-state index contributed by atoms with van der Waals surface area (Å²) in [7, 11) is 1.43. The monoisotopic (exact) mass is 529 g/mol. The number of fused-ring (bicyclic) bond motifs is 1. The molecule has 0 N–H and O–H groups in total. The minimum Gasteiger partial charge on any atom is -0.480 e. The van der Waals surface area contributed by atoms with E-state index in [1.807, 2.05) is 17.9 Å². The lowest BCUT2D eigenvalue weighted by Crippen LogP contribution is -2.36. The maximum absolute atomic E-state index is 14.6. The van der Waals surface area contributed by atoms with Crippen LogP contribution in [0.4, 0.5) is 17.6 Å². The van der Waals surface area contributed by atoms with Gasteiger partial charge in [0, 0.05) is 31.3 Å². The fraction of sp³-hybridized carbons (Fsp3) is 0.407. The quantitative estimate of drug-likeness (QED) is 0.414. The van der Waals surface area contributed by atoms with Crippen molar-refractivity contribution >= 4 is 11.2 Å². The van der Waals surface area contributed by atoms with Crippen LogP contribution in [0.25, 0.3) is 11.2 Å². The lowest BCUT2D eigenvalue weighted by molar-refractivity contribution is -0.138. The molecule has 3 aromatic rings. The average molecular weight is 530 g/mol. The van der Waals surface area contributed by atoms with Gasteiger partial charge in [0.05, 0.1) is 36.8 Å². The Balaban J connectivity index is 1.53. The van der Waals surface area contributed by atoms with Gasteiger partial charge in [-0.1, -0.05) is 6.08 Å². The highest BCUT2D eigenvalue weighted by molar-refractivity contribution is 5.71. The summed E-state index contributed by atoms with van der Waals surface area (Å²) >= 11 is 0. The molecule has 7 nitrogen and oxygen atoms in total. The highest BCUT2D eigenvalue weighted by atomic mass is 19.4.